The van der Waals surface area contributed by atoms with Crippen molar-refractivity contribution in [1.29, 1.82) is 0 Å². The van der Waals surface area contributed by atoms with E-state index < -0.39 is 6.10 Å². The molecule has 0 aromatic heterocycles. The molecule has 4 nitrogen and oxygen atoms in total. The van der Waals surface area contributed by atoms with Crippen LogP contribution in [0.2, 0.25) is 0 Å². The molecule has 1 aromatic carbocycles. The Kier molecular flexibility index (Phi) is 4.04. The molecule has 0 bridgehead atoms. The highest BCUT2D eigenvalue weighted by molar-refractivity contribution is 6.00. The number of aliphatic hydroxyl groups excluding tert-OH is 1. The lowest BCUT2D eigenvalue weighted by Gasteiger charge is -2.12. The Balaban J connectivity index is 3.13. The van der Waals surface area contributed by atoms with Crippen LogP contribution in [0.3, 0.4) is 0 Å². The van der Waals surface area contributed by atoms with Gasteiger partial charge in [-0.2, -0.15) is 0 Å². The molecule has 1 unspecified atom stereocenters. The van der Waals surface area contributed by atoms with Crippen LogP contribution in [-0.4, -0.2) is 30.6 Å². The average molecular weight is 223 g/mol. The first kappa shape index (κ1) is 12.7. The number of Topliss-reactive ketones (excluding diaryl/α,β-unsaturated/α-hetero) is 1. The molecule has 0 saturated carbocycles. The number of ketones is 1. The summed E-state index contributed by atoms with van der Waals surface area (Å²) in [6, 6.07) is 3.40. The van der Waals surface area contributed by atoms with Gasteiger partial charge in [0.15, 0.2) is 5.78 Å². The molecule has 1 atom stereocenters. The zero-order chi connectivity index (χ0) is 12.3. The lowest BCUT2D eigenvalue weighted by Crippen LogP contribution is -2.29. The molecule has 0 amide bonds. The number of ether oxygens (including phenoxy) is 1. The van der Waals surface area contributed by atoms with E-state index in [2.05, 4.69) is 0 Å². The topological polar surface area (TPSA) is 72.5 Å². The summed E-state index contributed by atoms with van der Waals surface area (Å²) in [5, 5.41) is 9.38. The van der Waals surface area contributed by atoms with Crippen LogP contribution in [0.15, 0.2) is 12.1 Å². The maximum absolute atomic E-state index is 11.7. The van der Waals surface area contributed by atoms with E-state index in [1.165, 1.54) is 0 Å². The zero-order valence-electron chi connectivity index (χ0n) is 9.78. The normalized spacial score (nSPS) is 12.3. The SMILES string of the molecule is COc1c(C)cc(C(=O)C(O)CN)cc1C. The summed E-state index contributed by atoms with van der Waals surface area (Å²) in [5.74, 6) is 0.412. The summed E-state index contributed by atoms with van der Waals surface area (Å²) in [6.45, 7) is 3.65. The predicted octanol–water partition coefficient (Wildman–Crippen LogP) is 0.814. The fourth-order valence-electron chi connectivity index (χ4n) is 1.71. The monoisotopic (exact) mass is 223 g/mol. The number of aryl methyl sites for hydroxylation is 2. The smallest absolute Gasteiger partial charge is 0.192 e. The highest BCUT2D eigenvalue weighted by atomic mass is 16.5. The Morgan fingerprint density at radius 2 is 1.94 bits per heavy atom. The van der Waals surface area contributed by atoms with Crippen molar-refractivity contribution >= 4 is 5.78 Å². The summed E-state index contributed by atoms with van der Waals surface area (Å²) in [5.41, 5.74) is 7.45. The molecule has 0 fully saturated rings. The van der Waals surface area contributed by atoms with Gasteiger partial charge in [-0.15, -0.1) is 0 Å². The lowest BCUT2D eigenvalue weighted by molar-refractivity contribution is 0.0763. The molecule has 88 valence electrons. The summed E-state index contributed by atoms with van der Waals surface area (Å²) >= 11 is 0. The van der Waals surface area contributed by atoms with Gasteiger partial charge in [0.25, 0.3) is 0 Å². The van der Waals surface area contributed by atoms with E-state index in [1.807, 2.05) is 13.8 Å². The molecule has 0 aliphatic heterocycles. The van der Waals surface area contributed by atoms with Gasteiger partial charge in [-0.25, -0.2) is 0 Å². The molecule has 0 saturated heterocycles. The maximum Gasteiger partial charge on any atom is 0.192 e. The van der Waals surface area contributed by atoms with E-state index in [9.17, 15) is 9.90 Å². The average Bonchev–Trinajstić information content (AvgIpc) is 2.26. The first-order valence-electron chi connectivity index (χ1n) is 5.08. The van der Waals surface area contributed by atoms with Gasteiger partial charge in [-0.05, 0) is 37.1 Å². The van der Waals surface area contributed by atoms with Gasteiger partial charge in [0, 0.05) is 12.1 Å². The van der Waals surface area contributed by atoms with Crippen molar-refractivity contribution in [2.75, 3.05) is 13.7 Å². The minimum absolute atomic E-state index is 0.0665. The summed E-state index contributed by atoms with van der Waals surface area (Å²) in [4.78, 5) is 11.7. The van der Waals surface area contributed by atoms with Gasteiger partial charge >= 0.3 is 0 Å². The quantitative estimate of drug-likeness (QED) is 0.741. The number of rotatable bonds is 4. The van der Waals surface area contributed by atoms with E-state index in [-0.39, 0.29) is 12.3 Å². The van der Waals surface area contributed by atoms with Crippen molar-refractivity contribution in [1.82, 2.24) is 0 Å². The van der Waals surface area contributed by atoms with Crippen LogP contribution < -0.4 is 10.5 Å². The Morgan fingerprint density at radius 3 is 2.31 bits per heavy atom. The molecule has 0 heterocycles. The third-order valence-corrected chi connectivity index (χ3v) is 2.47. The number of carbonyl (C=O) groups excluding carboxylic acids is 1. The molecule has 0 radical (unpaired) electrons. The Morgan fingerprint density at radius 1 is 1.44 bits per heavy atom. The van der Waals surface area contributed by atoms with Gasteiger partial charge in [0.1, 0.15) is 11.9 Å². The number of hydrogen-bond donors (Lipinski definition) is 2. The second kappa shape index (κ2) is 5.09. The van der Waals surface area contributed by atoms with Crippen molar-refractivity contribution in [3.8, 4) is 5.75 Å². The number of methoxy groups -OCH3 is 1. The van der Waals surface area contributed by atoms with E-state index >= 15 is 0 Å². The molecule has 0 spiro atoms. The second-order valence-corrected chi connectivity index (χ2v) is 3.76. The van der Waals surface area contributed by atoms with E-state index in [1.54, 1.807) is 19.2 Å². The van der Waals surface area contributed by atoms with Gasteiger partial charge in [-0.1, -0.05) is 0 Å². The number of carbonyl (C=O) groups is 1. The minimum Gasteiger partial charge on any atom is -0.496 e. The highest BCUT2D eigenvalue weighted by Gasteiger charge is 2.17. The van der Waals surface area contributed by atoms with Crippen molar-refractivity contribution in [3.05, 3.63) is 28.8 Å². The summed E-state index contributed by atoms with van der Waals surface area (Å²) < 4.78 is 5.20. The number of hydrogen-bond acceptors (Lipinski definition) is 4. The van der Waals surface area contributed by atoms with E-state index in [0.717, 1.165) is 16.9 Å². The Hall–Kier alpha value is -1.39. The van der Waals surface area contributed by atoms with E-state index in [4.69, 9.17) is 10.5 Å². The minimum atomic E-state index is -1.13. The largest absolute Gasteiger partial charge is 0.496 e. The molecule has 1 rings (SSSR count). The number of aliphatic hydroxyl groups is 1. The fourth-order valence-corrected chi connectivity index (χ4v) is 1.71. The van der Waals surface area contributed by atoms with Crippen LogP contribution in [0, 0.1) is 13.8 Å². The molecule has 16 heavy (non-hydrogen) atoms. The lowest BCUT2D eigenvalue weighted by atomic mass is 10.00. The molecule has 0 aliphatic rings. The number of nitrogens with two attached hydrogens (primary N) is 1. The van der Waals surface area contributed by atoms with Crippen LogP contribution in [0.4, 0.5) is 0 Å². The van der Waals surface area contributed by atoms with Crippen LogP contribution in [0.1, 0.15) is 21.5 Å². The van der Waals surface area contributed by atoms with Crippen molar-refractivity contribution < 1.29 is 14.6 Å². The zero-order valence-corrected chi connectivity index (χ0v) is 9.78. The first-order valence-corrected chi connectivity index (χ1v) is 5.08. The van der Waals surface area contributed by atoms with Gasteiger partial charge in [0.2, 0.25) is 0 Å². The predicted molar refractivity (Wildman–Crippen MR) is 61.9 cm³/mol. The third kappa shape index (κ3) is 2.40. The Labute approximate surface area is 95.0 Å². The maximum atomic E-state index is 11.7. The van der Waals surface area contributed by atoms with E-state index in [0.29, 0.717) is 5.56 Å². The number of benzene rings is 1. The summed E-state index contributed by atoms with van der Waals surface area (Å²) in [7, 11) is 1.59. The summed E-state index contributed by atoms with van der Waals surface area (Å²) in [6.07, 6.45) is -1.13. The standard InChI is InChI=1S/C12H17NO3/c1-7-4-9(11(15)10(14)6-13)5-8(2)12(7)16-3/h4-5,10,14H,6,13H2,1-3H3. The van der Waals surface area contributed by atoms with Crippen LogP contribution in [-0.2, 0) is 0 Å². The Bertz CT molecular complexity index is 378. The third-order valence-electron chi connectivity index (χ3n) is 2.47. The van der Waals surface area contributed by atoms with Gasteiger partial charge < -0.3 is 15.6 Å². The van der Waals surface area contributed by atoms with Gasteiger partial charge in [-0.3, -0.25) is 4.79 Å². The molecular weight excluding hydrogens is 206 g/mol. The van der Waals surface area contributed by atoms with Crippen LogP contribution >= 0.6 is 0 Å². The van der Waals surface area contributed by atoms with Crippen molar-refractivity contribution in [3.63, 3.8) is 0 Å². The first-order chi connectivity index (χ1) is 7.51. The molecule has 4 heteroatoms. The van der Waals surface area contributed by atoms with Crippen molar-refractivity contribution in [2.24, 2.45) is 5.73 Å². The fraction of sp³-hybridized carbons (Fsp3) is 0.417. The second-order valence-electron chi connectivity index (χ2n) is 3.76. The molecule has 3 N–H and O–H groups in total. The molecular formula is C12H17NO3. The molecule has 0 aliphatic carbocycles. The van der Waals surface area contributed by atoms with Gasteiger partial charge in [0.05, 0.1) is 7.11 Å². The van der Waals surface area contributed by atoms with Crippen molar-refractivity contribution in [2.45, 2.75) is 20.0 Å². The van der Waals surface area contributed by atoms with Crippen LogP contribution in [0.25, 0.3) is 0 Å². The molecule has 1 aromatic rings. The highest BCUT2D eigenvalue weighted by Crippen LogP contribution is 2.24. The van der Waals surface area contributed by atoms with Crippen LogP contribution in [0.5, 0.6) is 5.75 Å².